The third kappa shape index (κ3) is 30.1. The lowest BCUT2D eigenvalue weighted by atomic mass is 10.1. The Labute approximate surface area is 438 Å². The maximum atomic E-state index is 4.28. The van der Waals surface area contributed by atoms with Crippen molar-refractivity contribution in [3.63, 3.8) is 0 Å². The van der Waals surface area contributed by atoms with Crippen LogP contribution in [-0.2, 0) is 35.2 Å². The fraction of sp³-hybridized carbons (Fsp3) is 0.698. The van der Waals surface area contributed by atoms with Gasteiger partial charge in [0.2, 0.25) is 0 Å². The molecular formula is C53H105N19. The van der Waals surface area contributed by atoms with Crippen LogP contribution in [0.1, 0.15) is 240 Å². The van der Waals surface area contributed by atoms with Crippen molar-refractivity contribution in [2.45, 2.75) is 215 Å². The van der Waals surface area contributed by atoms with Crippen molar-refractivity contribution in [1.82, 2.24) is 94.3 Å². The molecule has 0 aliphatic heterocycles. The molecule has 0 bridgehead atoms. The zero-order chi connectivity index (χ0) is 56.8. The van der Waals surface area contributed by atoms with Gasteiger partial charge in [0, 0.05) is 75.8 Å². The summed E-state index contributed by atoms with van der Waals surface area (Å²) in [6, 6.07) is 2.79. The molecule has 7 aromatic rings. The Balaban J connectivity index is -0.000000366. The number of hydrogen-bond donors (Lipinski definition) is 0. The van der Waals surface area contributed by atoms with Crippen molar-refractivity contribution >= 4 is 0 Å². The molecular weight excluding hydrogens is 903 g/mol. The first kappa shape index (κ1) is 72.7. The minimum Gasteiger partial charge on any atom is -0.338 e. The molecule has 0 spiro atoms. The number of imidazole rings is 1. The van der Waals surface area contributed by atoms with Crippen LogP contribution in [0.3, 0.4) is 0 Å². The Morgan fingerprint density at radius 2 is 1.11 bits per heavy atom. The van der Waals surface area contributed by atoms with Crippen LogP contribution in [0.15, 0.2) is 49.6 Å². The number of hydrogen-bond acceptors (Lipinski definition) is 12. The summed E-state index contributed by atoms with van der Waals surface area (Å²) in [5.41, 5.74) is 7.70. The van der Waals surface area contributed by atoms with Crippen LogP contribution in [0.25, 0.3) is 0 Å². The lowest BCUT2D eigenvalue weighted by molar-refractivity contribution is 0.454. The molecule has 0 fully saturated rings. The summed E-state index contributed by atoms with van der Waals surface area (Å²) in [4.78, 5) is 7.34. The van der Waals surface area contributed by atoms with Gasteiger partial charge < -0.3 is 4.57 Å². The Morgan fingerprint density at radius 1 is 0.528 bits per heavy atom. The average molecular weight is 1010 g/mol. The predicted octanol–water partition coefficient (Wildman–Crippen LogP) is 12.7. The van der Waals surface area contributed by atoms with Gasteiger partial charge in [0.05, 0.1) is 43.7 Å². The topological polar surface area (TPSA) is 189 Å². The zero-order valence-electron chi connectivity index (χ0n) is 51.2. The Kier molecular flexibility index (Phi) is 42.1. The molecule has 0 saturated heterocycles. The lowest BCUT2D eigenvalue weighted by Crippen LogP contribution is -2.04. The summed E-state index contributed by atoms with van der Waals surface area (Å²) < 4.78 is 9.54. The molecule has 7 heterocycles. The van der Waals surface area contributed by atoms with Gasteiger partial charge in [-0.15, -0.1) is 25.5 Å². The Bertz CT molecular complexity index is 2110. The van der Waals surface area contributed by atoms with E-state index in [0.29, 0.717) is 41.7 Å². The quantitative estimate of drug-likeness (QED) is 0.147. The Hall–Kier alpha value is -5.88. The third-order valence-corrected chi connectivity index (χ3v) is 9.38. The number of aryl methyl sites for hydroxylation is 7. The van der Waals surface area contributed by atoms with Crippen molar-refractivity contribution in [2.24, 2.45) is 35.2 Å². The number of tetrazole rings is 2. The first-order chi connectivity index (χ1) is 33.9. The molecule has 0 unspecified atom stereocenters. The van der Waals surface area contributed by atoms with E-state index in [9.17, 15) is 0 Å². The summed E-state index contributed by atoms with van der Waals surface area (Å²) in [5, 5.41) is 42.7. The zero-order valence-corrected chi connectivity index (χ0v) is 51.2. The predicted molar refractivity (Wildman–Crippen MR) is 300 cm³/mol. The van der Waals surface area contributed by atoms with E-state index in [4.69, 9.17) is 0 Å². The highest BCUT2D eigenvalue weighted by atomic mass is 15.6. The fourth-order valence-electron chi connectivity index (χ4n) is 5.69. The van der Waals surface area contributed by atoms with E-state index < -0.39 is 0 Å². The van der Waals surface area contributed by atoms with Crippen LogP contribution in [0.5, 0.6) is 0 Å². The molecule has 72 heavy (non-hydrogen) atoms. The van der Waals surface area contributed by atoms with Crippen molar-refractivity contribution in [3.8, 4) is 0 Å². The molecule has 0 aliphatic rings. The van der Waals surface area contributed by atoms with Gasteiger partial charge in [-0.2, -0.15) is 24.9 Å². The van der Waals surface area contributed by atoms with Crippen molar-refractivity contribution < 1.29 is 0 Å². The molecule has 0 radical (unpaired) electrons. The van der Waals surface area contributed by atoms with Gasteiger partial charge in [-0.05, 0) is 99.8 Å². The van der Waals surface area contributed by atoms with Crippen LogP contribution in [0.2, 0.25) is 0 Å². The van der Waals surface area contributed by atoms with E-state index in [0.717, 1.165) is 11.6 Å². The SMILES string of the molecule is CC.CC.CC.CC.CC(C)c1ccnn1C.CC(C)c1cnn(C)c1.CC(C)c1nnn(C)n1.CC(C)n1ccnn1.Cc1c(C(C)C)ncn1C.Cc1cnn(C)c1C(C)C.Cc1nnn(C(C)C)n1. The van der Waals surface area contributed by atoms with Gasteiger partial charge in [-0.25, -0.2) is 4.98 Å². The van der Waals surface area contributed by atoms with Gasteiger partial charge >= 0.3 is 0 Å². The molecule has 0 atom stereocenters. The van der Waals surface area contributed by atoms with Crippen LogP contribution in [0, 0.1) is 20.8 Å². The van der Waals surface area contributed by atoms with Gasteiger partial charge in [-0.3, -0.25) is 18.7 Å². The van der Waals surface area contributed by atoms with Crippen molar-refractivity contribution in [1.29, 1.82) is 0 Å². The summed E-state index contributed by atoms with van der Waals surface area (Å²) in [6.45, 7) is 51.6. The third-order valence-electron chi connectivity index (χ3n) is 9.38. The van der Waals surface area contributed by atoms with E-state index in [1.807, 2.05) is 176 Å². The van der Waals surface area contributed by atoms with Gasteiger partial charge in [0.15, 0.2) is 11.6 Å². The average Bonchev–Trinajstić information content (AvgIpc) is 4.22. The largest absolute Gasteiger partial charge is 0.338 e. The molecule has 19 nitrogen and oxygen atoms in total. The molecule has 412 valence electrons. The first-order valence-electron chi connectivity index (χ1n) is 26.2. The fourth-order valence-corrected chi connectivity index (χ4v) is 5.69. The molecule has 0 aromatic carbocycles. The Morgan fingerprint density at radius 3 is 1.31 bits per heavy atom. The molecule has 0 saturated carbocycles. The summed E-state index contributed by atoms with van der Waals surface area (Å²) in [5.74, 6) is 4.20. The molecule has 0 aliphatic carbocycles. The summed E-state index contributed by atoms with van der Waals surface area (Å²) >= 11 is 0. The maximum absolute atomic E-state index is 4.28. The maximum Gasteiger partial charge on any atom is 0.177 e. The molecule has 7 rings (SSSR count). The highest BCUT2D eigenvalue weighted by molar-refractivity contribution is 5.18. The van der Waals surface area contributed by atoms with Gasteiger partial charge in [0.1, 0.15) is 0 Å². The second-order valence-electron chi connectivity index (χ2n) is 17.6. The second kappa shape index (κ2) is 41.7. The highest BCUT2D eigenvalue weighted by Gasteiger charge is 2.08. The van der Waals surface area contributed by atoms with E-state index in [1.165, 1.54) is 38.7 Å². The highest BCUT2D eigenvalue weighted by Crippen LogP contribution is 2.17. The van der Waals surface area contributed by atoms with E-state index in [1.54, 1.807) is 22.7 Å². The minimum atomic E-state index is 0.311. The van der Waals surface area contributed by atoms with Crippen LogP contribution >= 0.6 is 0 Å². The number of nitrogens with zero attached hydrogens (tertiary/aromatic N) is 19. The first-order valence-corrected chi connectivity index (χ1v) is 26.2. The molecule has 7 aromatic heterocycles. The summed E-state index contributed by atoms with van der Waals surface area (Å²) in [7, 11) is 9.68. The molecule has 19 heteroatoms. The molecule has 0 amide bonds. The summed E-state index contributed by atoms with van der Waals surface area (Å²) in [6.07, 6.45) is 13.1. The van der Waals surface area contributed by atoms with Crippen molar-refractivity contribution in [2.75, 3.05) is 0 Å². The minimum absolute atomic E-state index is 0.311. The van der Waals surface area contributed by atoms with E-state index in [-0.39, 0.29) is 0 Å². The van der Waals surface area contributed by atoms with Crippen LogP contribution in [0.4, 0.5) is 0 Å². The monoisotopic (exact) mass is 1010 g/mol. The lowest BCUT2D eigenvalue weighted by Gasteiger charge is -2.05. The second-order valence-corrected chi connectivity index (χ2v) is 17.6. The van der Waals surface area contributed by atoms with Crippen LogP contribution in [-0.4, -0.2) is 94.3 Å². The molecule has 0 N–H and O–H groups in total. The van der Waals surface area contributed by atoms with Gasteiger partial charge in [0.25, 0.3) is 0 Å². The number of rotatable bonds is 7. The standard InChI is InChI=1S/2C8H14N2.2C7H12N2.2C5H10N4.C5H9N3.4C2H6/c1-6(2)8-7(3)10(4)5-9-8;1-6(2)8-7(3)5-9-10(8)4;1-6(2)7-4-8-9(3)5-7;1-6(2)7-4-5-8-9(7)3;1-4(2)5-6-8-9(3)7-5;1-4(2)9-7-5(3)6-8-9;1-5(2)8-4-3-6-7-8;4*1-2/h2*5-6H,1-4H3;2*4-6H,1-3H3;2*4H,1-3H3;3-5H,1-2H3;4*1-2H3. The van der Waals surface area contributed by atoms with Crippen LogP contribution < -0.4 is 0 Å². The van der Waals surface area contributed by atoms with E-state index in [2.05, 4.69) is 149 Å². The number of aromatic nitrogens is 19. The van der Waals surface area contributed by atoms with Crippen molar-refractivity contribution in [3.05, 3.63) is 95.1 Å². The van der Waals surface area contributed by atoms with Gasteiger partial charge in [-0.1, -0.05) is 130 Å². The van der Waals surface area contributed by atoms with E-state index >= 15 is 0 Å². The normalized spacial score (nSPS) is 9.85. The smallest absolute Gasteiger partial charge is 0.177 e.